The number of ether oxygens (including phenoxy) is 1. The highest BCUT2D eigenvalue weighted by Crippen LogP contribution is 2.25. The molecule has 0 spiro atoms. The van der Waals surface area contributed by atoms with Crippen molar-refractivity contribution in [2.45, 2.75) is 31.9 Å². The van der Waals surface area contributed by atoms with Crippen LogP contribution < -0.4 is 10.6 Å². The maximum atomic E-state index is 12.2. The summed E-state index contributed by atoms with van der Waals surface area (Å²) in [6.45, 7) is 3.61. The van der Waals surface area contributed by atoms with Crippen LogP contribution in [0.1, 0.15) is 18.9 Å². The van der Waals surface area contributed by atoms with Gasteiger partial charge in [-0.1, -0.05) is 18.2 Å². The Balaban J connectivity index is 1.52. The number of carbonyl (C=O) groups is 1. The third-order valence-electron chi connectivity index (χ3n) is 4.16. The second kappa shape index (κ2) is 5.21. The van der Waals surface area contributed by atoms with Crippen LogP contribution in [-0.2, 0) is 16.0 Å². The molecule has 2 N–H and O–H groups in total. The molecule has 4 nitrogen and oxygen atoms in total. The smallest absolute Gasteiger partial charge is 0.242 e. The first-order chi connectivity index (χ1) is 9.24. The second-order valence-electron chi connectivity index (χ2n) is 5.43. The number of rotatable bonds is 3. The van der Waals surface area contributed by atoms with Gasteiger partial charge in [-0.15, -0.1) is 0 Å². The van der Waals surface area contributed by atoms with E-state index >= 15 is 0 Å². The SMILES string of the molecule is CC1OCCC1CNC(=O)[C@@H]1Cc2ccccc2N1. The van der Waals surface area contributed by atoms with Crippen LogP contribution in [0.2, 0.25) is 0 Å². The Kier molecular flexibility index (Phi) is 3.42. The van der Waals surface area contributed by atoms with E-state index in [0.717, 1.165) is 25.1 Å². The lowest BCUT2D eigenvalue weighted by Crippen LogP contribution is -2.41. The molecule has 0 aromatic heterocycles. The Morgan fingerprint density at radius 1 is 1.47 bits per heavy atom. The topological polar surface area (TPSA) is 50.4 Å². The lowest BCUT2D eigenvalue weighted by atomic mass is 10.0. The van der Waals surface area contributed by atoms with Crippen LogP contribution in [-0.4, -0.2) is 31.2 Å². The summed E-state index contributed by atoms with van der Waals surface area (Å²) in [4.78, 5) is 12.2. The average molecular weight is 260 g/mol. The van der Waals surface area contributed by atoms with E-state index in [1.54, 1.807) is 0 Å². The molecule has 1 aromatic carbocycles. The lowest BCUT2D eigenvalue weighted by molar-refractivity contribution is -0.121. The molecule has 102 valence electrons. The van der Waals surface area contributed by atoms with Gasteiger partial charge in [-0.05, 0) is 25.0 Å². The number of hydrogen-bond donors (Lipinski definition) is 2. The summed E-state index contributed by atoms with van der Waals surface area (Å²) in [5, 5.41) is 6.33. The van der Waals surface area contributed by atoms with Crippen molar-refractivity contribution in [3.8, 4) is 0 Å². The van der Waals surface area contributed by atoms with E-state index in [4.69, 9.17) is 4.74 Å². The summed E-state index contributed by atoms with van der Waals surface area (Å²) in [5.74, 6) is 0.544. The van der Waals surface area contributed by atoms with Crippen molar-refractivity contribution in [2.24, 2.45) is 5.92 Å². The fourth-order valence-corrected chi connectivity index (χ4v) is 2.86. The van der Waals surface area contributed by atoms with Crippen molar-refractivity contribution in [1.82, 2.24) is 5.32 Å². The Bertz CT molecular complexity index is 450. The Hall–Kier alpha value is -1.55. The quantitative estimate of drug-likeness (QED) is 0.867. The molecule has 2 heterocycles. The van der Waals surface area contributed by atoms with Gasteiger partial charge in [-0.25, -0.2) is 0 Å². The fourth-order valence-electron chi connectivity index (χ4n) is 2.86. The first-order valence-electron chi connectivity index (χ1n) is 6.98. The molecule has 0 bridgehead atoms. The van der Waals surface area contributed by atoms with E-state index in [9.17, 15) is 4.79 Å². The minimum Gasteiger partial charge on any atom is -0.378 e. The van der Waals surface area contributed by atoms with E-state index in [1.807, 2.05) is 18.2 Å². The number of amides is 1. The van der Waals surface area contributed by atoms with Crippen molar-refractivity contribution in [2.75, 3.05) is 18.5 Å². The molecule has 0 radical (unpaired) electrons. The van der Waals surface area contributed by atoms with Crippen LogP contribution in [0.5, 0.6) is 0 Å². The molecule has 2 aliphatic rings. The molecule has 0 saturated carbocycles. The average Bonchev–Trinajstić information content (AvgIpc) is 3.01. The van der Waals surface area contributed by atoms with Crippen molar-refractivity contribution in [1.29, 1.82) is 0 Å². The third kappa shape index (κ3) is 2.59. The van der Waals surface area contributed by atoms with Crippen LogP contribution >= 0.6 is 0 Å². The van der Waals surface area contributed by atoms with Crippen LogP contribution in [0, 0.1) is 5.92 Å². The number of carbonyl (C=O) groups excluding carboxylic acids is 1. The molecule has 4 heteroatoms. The molecule has 19 heavy (non-hydrogen) atoms. The molecule has 2 aliphatic heterocycles. The van der Waals surface area contributed by atoms with E-state index in [1.165, 1.54) is 5.56 Å². The lowest BCUT2D eigenvalue weighted by Gasteiger charge is -2.17. The van der Waals surface area contributed by atoms with E-state index in [-0.39, 0.29) is 18.1 Å². The zero-order chi connectivity index (χ0) is 13.2. The highest BCUT2D eigenvalue weighted by molar-refractivity contribution is 5.87. The number of benzene rings is 1. The largest absolute Gasteiger partial charge is 0.378 e. The van der Waals surface area contributed by atoms with Gasteiger partial charge in [0.25, 0.3) is 0 Å². The summed E-state index contributed by atoms with van der Waals surface area (Å²) in [5.41, 5.74) is 2.31. The maximum absolute atomic E-state index is 12.2. The number of anilines is 1. The Morgan fingerprint density at radius 3 is 3.05 bits per heavy atom. The van der Waals surface area contributed by atoms with E-state index < -0.39 is 0 Å². The molecule has 0 aliphatic carbocycles. The van der Waals surface area contributed by atoms with Crippen LogP contribution in [0.15, 0.2) is 24.3 Å². The zero-order valence-corrected chi connectivity index (χ0v) is 11.2. The summed E-state index contributed by atoms with van der Waals surface area (Å²) < 4.78 is 5.51. The normalized spacial score (nSPS) is 28.8. The maximum Gasteiger partial charge on any atom is 0.242 e. The highest BCUT2D eigenvalue weighted by Gasteiger charge is 2.28. The predicted octanol–water partition coefficient (Wildman–Crippen LogP) is 1.56. The molecule has 2 unspecified atom stereocenters. The van der Waals surface area contributed by atoms with Gasteiger partial charge in [0.15, 0.2) is 0 Å². The molecular formula is C15H20N2O2. The molecule has 1 aromatic rings. The summed E-state index contributed by atoms with van der Waals surface area (Å²) in [6, 6.07) is 7.97. The minimum atomic E-state index is -0.130. The summed E-state index contributed by atoms with van der Waals surface area (Å²) >= 11 is 0. The van der Waals surface area contributed by atoms with Gasteiger partial charge in [0.1, 0.15) is 6.04 Å². The third-order valence-corrected chi connectivity index (χ3v) is 4.16. The van der Waals surface area contributed by atoms with Crippen molar-refractivity contribution in [3.05, 3.63) is 29.8 Å². The molecule has 1 fully saturated rings. The van der Waals surface area contributed by atoms with Gasteiger partial charge in [0.05, 0.1) is 6.10 Å². The monoisotopic (exact) mass is 260 g/mol. The van der Waals surface area contributed by atoms with Crippen molar-refractivity contribution in [3.63, 3.8) is 0 Å². The van der Waals surface area contributed by atoms with E-state index in [2.05, 4.69) is 23.6 Å². The summed E-state index contributed by atoms with van der Waals surface area (Å²) in [7, 11) is 0. The fraction of sp³-hybridized carbons (Fsp3) is 0.533. The van der Waals surface area contributed by atoms with Crippen molar-refractivity contribution >= 4 is 11.6 Å². The van der Waals surface area contributed by atoms with Gasteiger partial charge in [0, 0.05) is 31.2 Å². The molecule has 3 atom stereocenters. The Labute approximate surface area is 113 Å². The highest BCUT2D eigenvalue weighted by atomic mass is 16.5. The molecule has 3 rings (SSSR count). The first kappa shape index (κ1) is 12.5. The second-order valence-corrected chi connectivity index (χ2v) is 5.43. The zero-order valence-electron chi connectivity index (χ0n) is 11.2. The molecule has 1 saturated heterocycles. The van der Waals surface area contributed by atoms with Gasteiger partial charge in [-0.2, -0.15) is 0 Å². The van der Waals surface area contributed by atoms with Gasteiger partial charge >= 0.3 is 0 Å². The van der Waals surface area contributed by atoms with Crippen LogP contribution in [0.25, 0.3) is 0 Å². The minimum absolute atomic E-state index is 0.0929. The number of nitrogens with one attached hydrogen (secondary N) is 2. The first-order valence-corrected chi connectivity index (χ1v) is 6.98. The summed E-state index contributed by atoms with van der Waals surface area (Å²) in [6.07, 6.45) is 2.08. The van der Waals surface area contributed by atoms with Crippen molar-refractivity contribution < 1.29 is 9.53 Å². The Morgan fingerprint density at radius 2 is 2.32 bits per heavy atom. The number of para-hydroxylation sites is 1. The predicted molar refractivity (Wildman–Crippen MR) is 74.1 cm³/mol. The van der Waals surface area contributed by atoms with Gasteiger partial charge in [0.2, 0.25) is 5.91 Å². The molecular weight excluding hydrogens is 240 g/mol. The standard InChI is InChI=1S/C15H20N2O2/c1-10-12(6-7-19-10)9-16-15(18)14-8-11-4-2-3-5-13(11)17-14/h2-5,10,12,14,17H,6-9H2,1H3,(H,16,18)/t10?,12?,14-/m0/s1. The van der Waals surface area contributed by atoms with Crippen LogP contribution in [0.3, 0.4) is 0 Å². The number of hydrogen-bond acceptors (Lipinski definition) is 3. The van der Waals surface area contributed by atoms with E-state index in [0.29, 0.717) is 12.5 Å². The number of fused-ring (bicyclic) bond motifs is 1. The van der Waals surface area contributed by atoms with Gasteiger partial charge < -0.3 is 15.4 Å². The van der Waals surface area contributed by atoms with Crippen LogP contribution in [0.4, 0.5) is 5.69 Å². The molecule has 1 amide bonds. The van der Waals surface area contributed by atoms with Gasteiger partial charge in [-0.3, -0.25) is 4.79 Å².